The lowest BCUT2D eigenvalue weighted by atomic mass is 10.1. The Hall–Kier alpha value is -0.570. The molecule has 14 heavy (non-hydrogen) atoms. The largest absolute Gasteiger partial charge is 0.380 e. The number of aryl methyl sites for hydroxylation is 1. The van der Waals surface area contributed by atoms with Crippen molar-refractivity contribution in [3.8, 4) is 0 Å². The highest BCUT2D eigenvalue weighted by Gasteiger charge is 2.06. The van der Waals surface area contributed by atoms with Gasteiger partial charge >= 0.3 is 0 Å². The summed E-state index contributed by atoms with van der Waals surface area (Å²) in [5.41, 5.74) is 8.05. The summed E-state index contributed by atoms with van der Waals surface area (Å²) in [6, 6.07) is 5.76. The van der Waals surface area contributed by atoms with Crippen LogP contribution in [-0.2, 0) is 4.74 Å². The minimum absolute atomic E-state index is 0.0640. The molecule has 0 spiro atoms. The van der Waals surface area contributed by atoms with Crippen molar-refractivity contribution in [2.45, 2.75) is 19.9 Å². The quantitative estimate of drug-likeness (QED) is 0.835. The number of benzene rings is 1. The summed E-state index contributed by atoms with van der Waals surface area (Å²) < 4.78 is 5.26. The fraction of sp³-hybridized carbons (Fsp3) is 0.455. The van der Waals surface area contributed by atoms with E-state index in [2.05, 4.69) is 0 Å². The normalized spacial score (nSPS) is 12.9. The van der Waals surface area contributed by atoms with Gasteiger partial charge in [0.05, 0.1) is 12.6 Å². The molecule has 0 saturated heterocycles. The lowest BCUT2D eigenvalue weighted by Gasteiger charge is -2.12. The molecule has 0 saturated carbocycles. The van der Waals surface area contributed by atoms with Crippen LogP contribution < -0.4 is 5.73 Å². The van der Waals surface area contributed by atoms with Gasteiger partial charge in [-0.05, 0) is 31.0 Å². The smallest absolute Gasteiger partial charge is 0.0659 e. The predicted octanol–water partition coefficient (Wildman–Crippen LogP) is 2.68. The molecule has 0 fully saturated rings. The summed E-state index contributed by atoms with van der Waals surface area (Å²) in [6.45, 7) is 5.18. The Kier molecular flexibility index (Phi) is 4.39. The number of ether oxygens (including phenoxy) is 1. The number of nitrogens with two attached hydrogens (primary N) is 1. The Morgan fingerprint density at radius 2 is 2.21 bits per heavy atom. The van der Waals surface area contributed by atoms with E-state index in [1.807, 2.05) is 32.0 Å². The first kappa shape index (κ1) is 11.5. The third-order valence-corrected chi connectivity index (χ3v) is 2.54. The van der Waals surface area contributed by atoms with Crippen LogP contribution in [-0.4, -0.2) is 13.2 Å². The van der Waals surface area contributed by atoms with Crippen LogP contribution >= 0.6 is 11.6 Å². The SMILES string of the molecule is CCOCC(N)c1ccc(Cl)c(C)c1. The Balaban J connectivity index is 2.70. The monoisotopic (exact) mass is 213 g/mol. The molecule has 1 aromatic carbocycles. The van der Waals surface area contributed by atoms with Crippen molar-refractivity contribution >= 4 is 11.6 Å². The Morgan fingerprint density at radius 3 is 2.79 bits per heavy atom. The average molecular weight is 214 g/mol. The zero-order valence-electron chi connectivity index (χ0n) is 8.59. The third-order valence-electron chi connectivity index (χ3n) is 2.11. The fourth-order valence-corrected chi connectivity index (χ4v) is 1.36. The standard InChI is InChI=1S/C11H16ClNO/c1-3-14-7-11(13)9-4-5-10(12)8(2)6-9/h4-6,11H,3,7,13H2,1-2H3. The molecule has 0 bridgehead atoms. The molecule has 0 aliphatic rings. The summed E-state index contributed by atoms with van der Waals surface area (Å²) in [6.07, 6.45) is 0. The van der Waals surface area contributed by atoms with Gasteiger partial charge in [0, 0.05) is 11.6 Å². The Labute approximate surface area is 90.0 Å². The van der Waals surface area contributed by atoms with Gasteiger partial charge in [-0.1, -0.05) is 23.7 Å². The summed E-state index contributed by atoms with van der Waals surface area (Å²) in [5.74, 6) is 0. The number of halogens is 1. The van der Waals surface area contributed by atoms with Gasteiger partial charge in [-0.15, -0.1) is 0 Å². The molecule has 0 radical (unpaired) electrons. The first-order chi connectivity index (χ1) is 6.65. The van der Waals surface area contributed by atoms with Crippen molar-refractivity contribution in [3.05, 3.63) is 34.3 Å². The molecular formula is C11H16ClNO. The minimum Gasteiger partial charge on any atom is -0.380 e. The maximum absolute atomic E-state index is 5.93. The third kappa shape index (κ3) is 2.98. The van der Waals surface area contributed by atoms with Crippen LogP contribution in [0.4, 0.5) is 0 Å². The van der Waals surface area contributed by atoms with Crippen LogP contribution in [0.25, 0.3) is 0 Å². The summed E-state index contributed by atoms with van der Waals surface area (Å²) in [4.78, 5) is 0. The zero-order chi connectivity index (χ0) is 10.6. The van der Waals surface area contributed by atoms with Gasteiger partial charge < -0.3 is 10.5 Å². The molecule has 2 nitrogen and oxygen atoms in total. The van der Waals surface area contributed by atoms with Gasteiger partial charge in [0.15, 0.2) is 0 Å². The molecule has 1 aromatic rings. The second-order valence-electron chi connectivity index (χ2n) is 3.27. The number of hydrogen-bond donors (Lipinski definition) is 1. The predicted molar refractivity (Wildman–Crippen MR) is 59.6 cm³/mol. The molecule has 2 N–H and O–H groups in total. The molecule has 1 unspecified atom stereocenters. The Bertz CT molecular complexity index is 301. The van der Waals surface area contributed by atoms with E-state index < -0.39 is 0 Å². The van der Waals surface area contributed by atoms with E-state index in [4.69, 9.17) is 22.1 Å². The van der Waals surface area contributed by atoms with Crippen molar-refractivity contribution in [1.82, 2.24) is 0 Å². The van der Waals surface area contributed by atoms with Crippen LogP contribution in [0, 0.1) is 6.92 Å². The van der Waals surface area contributed by atoms with E-state index in [1.54, 1.807) is 0 Å². The van der Waals surface area contributed by atoms with Crippen LogP contribution in [0.15, 0.2) is 18.2 Å². The van der Waals surface area contributed by atoms with Crippen LogP contribution in [0.3, 0.4) is 0 Å². The highest BCUT2D eigenvalue weighted by Crippen LogP contribution is 2.19. The van der Waals surface area contributed by atoms with Crippen LogP contribution in [0.1, 0.15) is 24.1 Å². The molecular weight excluding hydrogens is 198 g/mol. The number of rotatable bonds is 4. The summed E-state index contributed by atoms with van der Waals surface area (Å²) in [7, 11) is 0. The first-order valence-corrected chi connectivity index (χ1v) is 5.12. The van der Waals surface area contributed by atoms with Crippen molar-refractivity contribution in [3.63, 3.8) is 0 Å². The second-order valence-corrected chi connectivity index (χ2v) is 3.68. The minimum atomic E-state index is -0.0640. The van der Waals surface area contributed by atoms with Crippen molar-refractivity contribution in [2.75, 3.05) is 13.2 Å². The van der Waals surface area contributed by atoms with Gasteiger partial charge in [-0.2, -0.15) is 0 Å². The first-order valence-electron chi connectivity index (χ1n) is 4.74. The van der Waals surface area contributed by atoms with Crippen molar-refractivity contribution < 1.29 is 4.74 Å². The molecule has 1 rings (SSSR count). The van der Waals surface area contributed by atoms with E-state index in [0.29, 0.717) is 13.2 Å². The van der Waals surface area contributed by atoms with Crippen LogP contribution in [0.5, 0.6) is 0 Å². The van der Waals surface area contributed by atoms with E-state index in [1.165, 1.54) is 0 Å². The van der Waals surface area contributed by atoms with Crippen molar-refractivity contribution in [1.29, 1.82) is 0 Å². The van der Waals surface area contributed by atoms with Gasteiger partial charge in [0.2, 0.25) is 0 Å². The van der Waals surface area contributed by atoms with Crippen molar-refractivity contribution in [2.24, 2.45) is 5.73 Å². The molecule has 0 aromatic heterocycles. The van der Waals surface area contributed by atoms with Gasteiger partial charge in [0.25, 0.3) is 0 Å². The molecule has 1 atom stereocenters. The average Bonchev–Trinajstić information content (AvgIpc) is 2.18. The molecule has 78 valence electrons. The highest BCUT2D eigenvalue weighted by molar-refractivity contribution is 6.31. The van der Waals surface area contributed by atoms with Gasteiger partial charge in [-0.3, -0.25) is 0 Å². The van der Waals surface area contributed by atoms with E-state index >= 15 is 0 Å². The van der Waals surface area contributed by atoms with Crippen LogP contribution in [0.2, 0.25) is 5.02 Å². The van der Waals surface area contributed by atoms with Gasteiger partial charge in [0.1, 0.15) is 0 Å². The fourth-order valence-electron chi connectivity index (χ4n) is 1.24. The summed E-state index contributed by atoms with van der Waals surface area (Å²) >= 11 is 5.92. The maximum atomic E-state index is 5.93. The molecule has 0 amide bonds. The van der Waals surface area contributed by atoms with E-state index in [-0.39, 0.29) is 6.04 Å². The van der Waals surface area contributed by atoms with E-state index in [0.717, 1.165) is 16.1 Å². The summed E-state index contributed by atoms with van der Waals surface area (Å²) in [5, 5.41) is 0.775. The maximum Gasteiger partial charge on any atom is 0.0659 e. The zero-order valence-corrected chi connectivity index (χ0v) is 9.34. The molecule has 0 heterocycles. The second kappa shape index (κ2) is 5.35. The topological polar surface area (TPSA) is 35.2 Å². The lowest BCUT2D eigenvalue weighted by molar-refractivity contribution is 0.133. The lowest BCUT2D eigenvalue weighted by Crippen LogP contribution is -2.17. The molecule has 3 heteroatoms. The van der Waals surface area contributed by atoms with Gasteiger partial charge in [-0.25, -0.2) is 0 Å². The number of hydrogen-bond acceptors (Lipinski definition) is 2. The highest BCUT2D eigenvalue weighted by atomic mass is 35.5. The van der Waals surface area contributed by atoms with E-state index in [9.17, 15) is 0 Å². The molecule has 0 aliphatic carbocycles. The molecule has 0 aliphatic heterocycles. The Morgan fingerprint density at radius 1 is 1.50 bits per heavy atom.